The van der Waals surface area contributed by atoms with Crippen molar-refractivity contribution in [3.8, 4) is 5.75 Å². The standard InChI is InChI=1S/C8H9Cl2NO.C8H15N.C4H8/c1-12-5-2-7(9)6(4-11)8(10)3-5;1-2-3-5-8-6-4-7-9-8;1-3-4-2/h2-3H,4,11H2,1H3;3,5,8-9H,2,4,6-7H2,1H3;3-4H,1-2H3/b;5-3+;4-3-/t;8-;/m.0./s1. The Balaban J connectivity index is 0.000000391. The zero-order valence-electron chi connectivity index (χ0n) is 15.8. The van der Waals surface area contributed by atoms with Gasteiger partial charge < -0.3 is 15.8 Å². The maximum atomic E-state index is 5.87. The van der Waals surface area contributed by atoms with E-state index in [4.69, 9.17) is 33.7 Å². The highest BCUT2D eigenvalue weighted by Gasteiger charge is 2.08. The number of methoxy groups -OCH3 is 1. The quantitative estimate of drug-likeness (QED) is 0.647. The molecule has 0 radical (unpaired) electrons. The van der Waals surface area contributed by atoms with Gasteiger partial charge in [-0.2, -0.15) is 0 Å². The van der Waals surface area contributed by atoms with Crippen LogP contribution in [0.3, 0.4) is 0 Å². The van der Waals surface area contributed by atoms with Crippen LogP contribution in [0.25, 0.3) is 0 Å². The van der Waals surface area contributed by atoms with Crippen LogP contribution in [-0.2, 0) is 6.54 Å². The molecule has 1 atom stereocenters. The molecular formula is C20H32Cl2N2O. The Morgan fingerprint density at radius 3 is 2.20 bits per heavy atom. The second-order valence-corrected chi connectivity index (χ2v) is 6.29. The second-order valence-electron chi connectivity index (χ2n) is 5.48. The van der Waals surface area contributed by atoms with Crippen LogP contribution in [0.15, 0.2) is 36.4 Å². The molecule has 1 heterocycles. The first-order valence-corrected chi connectivity index (χ1v) is 9.48. The number of rotatable bonds is 4. The Bertz CT molecular complexity index is 497. The zero-order chi connectivity index (χ0) is 19.1. The first-order valence-electron chi connectivity index (χ1n) is 8.73. The molecule has 2 rings (SSSR count). The number of ether oxygens (including phenoxy) is 1. The summed E-state index contributed by atoms with van der Waals surface area (Å²) >= 11 is 11.7. The van der Waals surface area contributed by atoms with E-state index in [2.05, 4.69) is 24.4 Å². The highest BCUT2D eigenvalue weighted by atomic mass is 35.5. The van der Waals surface area contributed by atoms with Gasteiger partial charge in [-0.25, -0.2) is 0 Å². The van der Waals surface area contributed by atoms with E-state index in [1.54, 1.807) is 19.2 Å². The van der Waals surface area contributed by atoms with Gasteiger partial charge in [-0.05, 0) is 51.8 Å². The minimum Gasteiger partial charge on any atom is -0.497 e. The van der Waals surface area contributed by atoms with Crippen LogP contribution in [0, 0.1) is 0 Å². The van der Waals surface area contributed by atoms with Crippen molar-refractivity contribution in [3.05, 3.63) is 52.0 Å². The molecule has 1 aliphatic rings. The Labute approximate surface area is 163 Å². The maximum Gasteiger partial charge on any atom is 0.121 e. The summed E-state index contributed by atoms with van der Waals surface area (Å²) in [7, 11) is 1.56. The van der Waals surface area contributed by atoms with Crippen molar-refractivity contribution in [2.75, 3.05) is 13.7 Å². The van der Waals surface area contributed by atoms with Crippen molar-refractivity contribution in [1.29, 1.82) is 0 Å². The summed E-state index contributed by atoms with van der Waals surface area (Å²) in [5.41, 5.74) is 6.18. The molecule has 0 saturated carbocycles. The molecule has 0 spiro atoms. The normalized spacial score (nSPS) is 16.4. The first kappa shape index (κ1) is 24.0. The van der Waals surface area contributed by atoms with Crippen molar-refractivity contribution in [2.24, 2.45) is 5.73 Å². The Kier molecular flexibility index (Phi) is 14.7. The molecule has 1 aromatic carbocycles. The number of nitrogens with one attached hydrogen (secondary N) is 1. The molecule has 142 valence electrons. The van der Waals surface area contributed by atoms with Crippen LogP contribution in [0.1, 0.15) is 45.6 Å². The van der Waals surface area contributed by atoms with Gasteiger partial charge in [-0.1, -0.05) is 54.4 Å². The first-order chi connectivity index (χ1) is 12.0. The molecule has 0 unspecified atom stereocenters. The average molecular weight is 387 g/mol. The van der Waals surface area contributed by atoms with Crippen molar-refractivity contribution in [1.82, 2.24) is 5.32 Å². The van der Waals surface area contributed by atoms with E-state index >= 15 is 0 Å². The van der Waals surface area contributed by atoms with Gasteiger partial charge in [0.1, 0.15) is 5.75 Å². The summed E-state index contributed by atoms with van der Waals surface area (Å²) in [6, 6.07) is 4.07. The summed E-state index contributed by atoms with van der Waals surface area (Å²) < 4.78 is 4.97. The average Bonchev–Trinajstić information content (AvgIpc) is 3.14. The van der Waals surface area contributed by atoms with Gasteiger partial charge >= 0.3 is 0 Å². The number of nitrogens with two attached hydrogens (primary N) is 1. The smallest absolute Gasteiger partial charge is 0.121 e. The Morgan fingerprint density at radius 1 is 1.24 bits per heavy atom. The molecule has 1 aromatic rings. The molecule has 1 fully saturated rings. The minimum atomic E-state index is 0.335. The Hall–Kier alpha value is -1.000. The van der Waals surface area contributed by atoms with Crippen LogP contribution in [-0.4, -0.2) is 19.7 Å². The van der Waals surface area contributed by atoms with E-state index in [0.29, 0.717) is 28.4 Å². The molecule has 0 aliphatic carbocycles. The fourth-order valence-corrected chi connectivity index (χ4v) is 2.69. The number of halogens is 2. The lowest BCUT2D eigenvalue weighted by molar-refractivity contribution is 0.414. The van der Waals surface area contributed by atoms with Crippen molar-refractivity contribution < 1.29 is 4.74 Å². The number of benzene rings is 1. The molecule has 1 saturated heterocycles. The SMILES string of the molecule is C/C=C\C.CC/C=C/[C@H]1CCCN1.COc1cc(Cl)c(CN)c(Cl)c1. The van der Waals surface area contributed by atoms with E-state index in [0.717, 1.165) is 12.0 Å². The fraction of sp³-hybridized carbons (Fsp3) is 0.500. The monoisotopic (exact) mass is 386 g/mol. The topological polar surface area (TPSA) is 47.3 Å². The lowest BCUT2D eigenvalue weighted by Gasteiger charge is -2.06. The molecular weight excluding hydrogens is 355 g/mol. The molecule has 3 N–H and O–H groups in total. The van der Waals surface area contributed by atoms with Crippen LogP contribution in [0.2, 0.25) is 10.0 Å². The number of hydrogen-bond donors (Lipinski definition) is 2. The number of hydrogen-bond acceptors (Lipinski definition) is 3. The zero-order valence-corrected chi connectivity index (χ0v) is 17.3. The van der Waals surface area contributed by atoms with Gasteiger partial charge in [0.25, 0.3) is 0 Å². The second kappa shape index (κ2) is 15.3. The van der Waals surface area contributed by atoms with Gasteiger partial charge in [-0.15, -0.1) is 0 Å². The molecule has 5 heteroatoms. The van der Waals surface area contributed by atoms with E-state index in [1.165, 1.54) is 19.4 Å². The van der Waals surface area contributed by atoms with E-state index < -0.39 is 0 Å². The Morgan fingerprint density at radius 2 is 1.84 bits per heavy atom. The van der Waals surface area contributed by atoms with Gasteiger partial charge in [0.15, 0.2) is 0 Å². The van der Waals surface area contributed by atoms with Crippen molar-refractivity contribution in [3.63, 3.8) is 0 Å². The van der Waals surface area contributed by atoms with E-state index in [9.17, 15) is 0 Å². The summed E-state index contributed by atoms with van der Waals surface area (Å²) in [5.74, 6) is 0.641. The van der Waals surface area contributed by atoms with Crippen LogP contribution in [0.4, 0.5) is 0 Å². The fourth-order valence-electron chi connectivity index (χ4n) is 2.07. The molecule has 1 aliphatic heterocycles. The third-order valence-corrected chi connectivity index (χ3v) is 4.26. The third kappa shape index (κ3) is 10.6. The van der Waals surface area contributed by atoms with E-state index in [-0.39, 0.29) is 0 Å². The van der Waals surface area contributed by atoms with Gasteiger partial charge in [-0.3, -0.25) is 0 Å². The predicted molar refractivity (Wildman–Crippen MR) is 112 cm³/mol. The maximum absolute atomic E-state index is 5.87. The summed E-state index contributed by atoms with van der Waals surface area (Å²) in [6.45, 7) is 7.71. The highest BCUT2D eigenvalue weighted by Crippen LogP contribution is 2.29. The van der Waals surface area contributed by atoms with Crippen LogP contribution >= 0.6 is 23.2 Å². The molecule has 0 aromatic heterocycles. The van der Waals surface area contributed by atoms with E-state index in [1.807, 2.05) is 26.0 Å². The molecule has 0 bridgehead atoms. The summed E-state index contributed by atoms with van der Waals surface area (Å²) in [5, 5.41) is 4.49. The lowest BCUT2D eigenvalue weighted by Crippen LogP contribution is -2.17. The van der Waals surface area contributed by atoms with Crippen LogP contribution in [0.5, 0.6) is 5.75 Å². The highest BCUT2D eigenvalue weighted by molar-refractivity contribution is 6.36. The van der Waals surface area contributed by atoms with Gasteiger partial charge in [0.2, 0.25) is 0 Å². The summed E-state index contributed by atoms with van der Waals surface area (Å²) in [6.07, 6.45) is 12.4. The van der Waals surface area contributed by atoms with Crippen molar-refractivity contribution in [2.45, 2.75) is 52.6 Å². The number of allylic oxidation sites excluding steroid dienone is 3. The summed E-state index contributed by atoms with van der Waals surface area (Å²) in [4.78, 5) is 0. The minimum absolute atomic E-state index is 0.335. The molecule has 25 heavy (non-hydrogen) atoms. The van der Waals surface area contributed by atoms with Crippen LogP contribution < -0.4 is 15.8 Å². The van der Waals surface area contributed by atoms with Crippen molar-refractivity contribution >= 4 is 23.2 Å². The van der Waals surface area contributed by atoms with Gasteiger partial charge in [0.05, 0.1) is 17.2 Å². The molecule has 0 amide bonds. The molecule has 3 nitrogen and oxygen atoms in total. The largest absolute Gasteiger partial charge is 0.497 e. The third-order valence-electron chi connectivity index (χ3n) is 3.59. The van der Waals surface area contributed by atoms with Gasteiger partial charge in [0, 0.05) is 18.2 Å². The lowest BCUT2D eigenvalue weighted by atomic mass is 10.2. The predicted octanol–water partition coefficient (Wildman–Crippen LogP) is 5.75.